The SMILES string of the molecule is CCCCNS(=O)(=O)c1cccc(Nc2nc(Nc3ccc(N4CCN(C)CC4)cc3)ncc2C)c1. The minimum atomic E-state index is -3.56. The van der Waals surface area contributed by atoms with Crippen molar-refractivity contribution in [1.82, 2.24) is 19.6 Å². The van der Waals surface area contributed by atoms with Gasteiger partial charge in [-0.05, 0) is 62.9 Å². The number of piperazine rings is 1. The second-order valence-corrected chi connectivity index (χ2v) is 10.9. The summed E-state index contributed by atoms with van der Waals surface area (Å²) in [5.41, 5.74) is 3.59. The molecule has 192 valence electrons. The maximum absolute atomic E-state index is 12.6. The molecule has 0 saturated carbocycles. The molecule has 0 radical (unpaired) electrons. The number of nitrogens with zero attached hydrogens (tertiary/aromatic N) is 4. The van der Waals surface area contributed by atoms with Crippen molar-refractivity contribution >= 4 is 38.9 Å². The largest absolute Gasteiger partial charge is 0.369 e. The summed E-state index contributed by atoms with van der Waals surface area (Å²) in [5, 5.41) is 6.50. The molecule has 0 amide bonds. The number of anilines is 5. The summed E-state index contributed by atoms with van der Waals surface area (Å²) in [4.78, 5) is 14.0. The van der Waals surface area contributed by atoms with Gasteiger partial charge in [0.25, 0.3) is 0 Å². The average Bonchev–Trinajstić information content (AvgIpc) is 2.87. The van der Waals surface area contributed by atoms with Crippen molar-refractivity contribution in [1.29, 1.82) is 0 Å². The minimum absolute atomic E-state index is 0.217. The van der Waals surface area contributed by atoms with Gasteiger partial charge in [-0.25, -0.2) is 18.1 Å². The first-order valence-corrected chi connectivity index (χ1v) is 13.8. The van der Waals surface area contributed by atoms with Crippen molar-refractivity contribution in [2.75, 3.05) is 55.3 Å². The molecular weight excluding hydrogens is 474 g/mol. The lowest BCUT2D eigenvalue weighted by atomic mass is 10.2. The predicted molar refractivity (Wildman–Crippen MR) is 146 cm³/mol. The lowest BCUT2D eigenvalue weighted by molar-refractivity contribution is 0.313. The maximum Gasteiger partial charge on any atom is 0.240 e. The Morgan fingerprint density at radius 1 is 0.972 bits per heavy atom. The van der Waals surface area contributed by atoms with E-state index in [1.807, 2.05) is 32.0 Å². The summed E-state index contributed by atoms with van der Waals surface area (Å²) in [6.45, 7) is 8.54. The molecule has 36 heavy (non-hydrogen) atoms. The molecule has 2 aromatic carbocycles. The van der Waals surface area contributed by atoms with Crippen molar-refractivity contribution < 1.29 is 8.42 Å². The number of unbranched alkanes of at least 4 members (excludes halogenated alkanes) is 1. The molecule has 0 bridgehead atoms. The van der Waals surface area contributed by atoms with Crippen LogP contribution in [0.3, 0.4) is 0 Å². The lowest BCUT2D eigenvalue weighted by Crippen LogP contribution is -2.44. The summed E-state index contributed by atoms with van der Waals surface area (Å²) in [6.07, 6.45) is 3.46. The van der Waals surface area contributed by atoms with Crippen LogP contribution >= 0.6 is 0 Å². The van der Waals surface area contributed by atoms with Crippen LogP contribution in [0, 0.1) is 6.92 Å². The summed E-state index contributed by atoms with van der Waals surface area (Å²) in [6, 6.07) is 15.0. The van der Waals surface area contributed by atoms with Gasteiger partial charge in [-0.1, -0.05) is 19.4 Å². The highest BCUT2D eigenvalue weighted by Crippen LogP contribution is 2.24. The van der Waals surface area contributed by atoms with Crippen molar-refractivity contribution in [3.8, 4) is 0 Å². The molecule has 1 fully saturated rings. The van der Waals surface area contributed by atoms with Crippen molar-refractivity contribution in [3.05, 3.63) is 60.3 Å². The number of aromatic nitrogens is 2. The van der Waals surface area contributed by atoms with Gasteiger partial charge in [0, 0.05) is 61.5 Å². The van der Waals surface area contributed by atoms with Gasteiger partial charge in [-0.15, -0.1) is 0 Å². The Hall–Kier alpha value is -3.21. The first-order valence-electron chi connectivity index (χ1n) is 12.3. The molecule has 0 spiro atoms. The molecular formula is C26H35N7O2S. The average molecular weight is 510 g/mol. The Bertz CT molecular complexity index is 1260. The van der Waals surface area contributed by atoms with E-state index in [-0.39, 0.29) is 4.90 Å². The molecule has 9 nitrogen and oxygen atoms in total. The van der Waals surface area contributed by atoms with Crippen LogP contribution in [0.1, 0.15) is 25.3 Å². The molecule has 1 aliphatic rings. The number of nitrogens with one attached hydrogen (secondary N) is 3. The number of rotatable bonds is 10. The van der Waals surface area contributed by atoms with E-state index in [0.29, 0.717) is 24.0 Å². The van der Waals surface area contributed by atoms with Gasteiger partial charge in [0.15, 0.2) is 0 Å². The first-order chi connectivity index (χ1) is 17.3. The minimum Gasteiger partial charge on any atom is -0.369 e. The Morgan fingerprint density at radius 2 is 1.72 bits per heavy atom. The third-order valence-electron chi connectivity index (χ3n) is 6.19. The normalized spacial score (nSPS) is 14.6. The van der Waals surface area contributed by atoms with Gasteiger partial charge in [0.2, 0.25) is 16.0 Å². The zero-order valence-electron chi connectivity index (χ0n) is 21.2. The van der Waals surface area contributed by atoms with E-state index in [4.69, 9.17) is 0 Å². The number of benzene rings is 2. The van der Waals surface area contributed by atoms with Crippen LogP contribution in [0.4, 0.5) is 28.8 Å². The highest BCUT2D eigenvalue weighted by atomic mass is 32.2. The molecule has 1 aromatic heterocycles. The molecule has 3 N–H and O–H groups in total. The molecule has 4 rings (SSSR count). The number of aryl methyl sites for hydroxylation is 1. The summed E-state index contributed by atoms with van der Waals surface area (Å²) in [7, 11) is -1.41. The molecule has 0 unspecified atom stereocenters. The molecule has 0 aliphatic carbocycles. The van der Waals surface area contributed by atoms with Crippen LogP contribution in [0.2, 0.25) is 0 Å². The van der Waals surface area contributed by atoms with Crippen LogP contribution in [-0.2, 0) is 10.0 Å². The number of sulfonamides is 1. The van der Waals surface area contributed by atoms with Gasteiger partial charge in [-0.3, -0.25) is 0 Å². The van der Waals surface area contributed by atoms with Gasteiger partial charge in [0.05, 0.1) is 4.90 Å². The van der Waals surface area contributed by atoms with Gasteiger partial charge >= 0.3 is 0 Å². The highest BCUT2D eigenvalue weighted by molar-refractivity contribution is 7.89. The number of likely N-dealkylation sites (N-methyl/N-ethyl adjacent to an activating group) is 1. The predicted octanol–water partition coefficient (Wildman–Crippen LogP) is 4.10. The van der Waals surface area contributed by atoms with Crippen LogP contribution in [0.25, 0.3) is 0 Å². The van der Waals surface area contributed by atoms with Crippen LogP contribution in [0.5, 0.6) is 0 Å². The second-order valence-electron chi connectivity index (χ2n) is 9.09. The summed E-state index contributed by atoms with van der Waals surface area (Å²) in [5.74, 6) is 1.07. The van der Waals surface area contributed by atoms with Crippen LogP contribution < -0.4 is 20.3 Å². The zero-order valence-corrected chi connectivity index (χ0v) is 22.0. The van der Waals surface area contributed by atoms with E-state index in [2.05, 4.69) is 54.3 Å². The molecule has 3 aromatic rings. The topological polar surface area (TPSA) is 102 Å². The first kappa shape index (κ1) is 25.9. The van der Waals surface area contributed by atoms with E-state index in [1.54, 1.807) is 24.4 Å². The zero-order chi connectivity index (χ0) is 25.5. The molecule has 0 atom stereocenters. The fourth-order valence-corrected chi connectivity index (χ4v) is 5.04. The quantitative estimate of drug-likeness (QED) is 0.351. The van der Waals surface area contributed by atoms with Crippen molar-refractivity contribution in [3.63, 3.8) is 0 Å². The summed E-state index contributed by atoms with van der Waals surface area (Å²) < 4.78 is 27.8. The standard InChI is InChI=1S/C26H35N7O2S/c1-4-5-13-28-36(34,35)24-8-6-7-22(18-24)29-25-20(2)19-27-26(31-25)30-21-9-11-23(12-10-21)33-16-14-32(3)15-17-33/h6-12,18-19,28H,4-5,13-17H2,1-3H3,(H2,27,29,30,31). The van der Waals surface area contributed by atoms with Crippen LogP contribution in [0.15, 0.2) is 59.6 Å². The highest BCUT2D eigenvalue weighted by Gasteiger charge is 2.15. The van der Waals surface area contributed by atoms with E-state index < -0.39 is 10.0 Å². The number of hydrogen-bond acceptors (Lipinski definition) is 8. The fourth-order valence-electron chi connectivity index (χ4n) is 3.92. The second kappa shape index (κ2) is 11.7. The smallest absolute Gasteiger partial charge is 0.240 e. The number of hydrogen-bond donors (Lipinski definition) is 3. The Balaban J connectivity index is 1.44. The van der Waals surface area contributed by atoms with Gasteiger partial charge < -0.3 is 20.4 Å². The van der Waals surface area contributed by atoms with Crippen LogP contribution in [-0.4, -0.2) is 63.1 Å². The monoisotopic (exact) mass is 509 g/mol. The summed E-state index contributed by atoms with van der Waals surface area (Å²) >= 11 is 0. The van der Waals surface area contributed by atoms with E-state index in [0.717, 1.165) is 50.3 Å². The molecule has 1 aliphatic heterocycles. The van der Waals surface area contributed by atoms with E-state index >= 15 is 0 Å². The van der Waals surface area contributed by atoms with E-state index in [1.165, 1.54) is 5.69 Å². The Labute approximate surface area is 214 Å². The van der Waals surface area contributed by atoms with E-state index in [9.17, 15) is 8.42 Å². The lowest BCUT2D eigenvalue weighted by Gasteiger charge is -2.34. The maximum atomic E-state index is 12.6. The Morgan fingerprint density at radius 3 is 2.44 bits per heavy atom. The molecule has 1 saturated heterocycles. The Kier molecular flexibility index (Phi) is 8.40. The molecule has 2 heterocycles. The molecule has 10 heteroatoms. The third kappa shape index (κ3) is 6.71. The van der Waals surface area contributed by atoms with Gasteiger partial charge in [-0.2, -0.15) is 4.98 Å². The van der Waals surface area contributed by atoms with Crippen molar-refractivity contribution in [2.45, 2.75) is 31.6 Å². The third-order valence-corrected chi connectivity index (χ3v) is 7.65. The van der Waals surface area contributed by atoms with Crippen molar-refractivity contribution in [2.24, 2.45) is 0 Å². The fraction of sp³-hybridized carbons (Fsp3) is 0.385. The van der Waals surface area contributed by atoms with Gasteiger partial charge in [0.1, 0.15) is 5.82 Å².